The van der Waals surface area contributed by atoms with Crippen molar-refractivity contribution in [2.45, 2.75) is 31.7 Å². The van der Waals surface area contributed by atoms with Gasteiger partial charge in [0.1, 0.15) is 5.75 Å². The highest BCUT2D eigenvalue weighted by atomic mass is 16.3. The van der Waals surface area contributed by atoms with Crippen LogP contribution in [0.25, 0.3) is 0 Å². The zero-order valence-electron chi connectivity index (χ0n) is 8.37. The Labute approximate surface area is 85.0 Å². The lowest BCUT2D eigenvalue weighted by atomic mass is 9.98. The summed E-state index contributed by atoms with van der Waals surface area (Å²) >= 11 is 0. The standard InChI is InChI=1S/C12H17NO/c14-12-6-4-10(5-7-12)9-11-3-1-2-8-13-11/h4-7,11,13-14H,1-3,8-9H2/t11-/m0/s1. The van der Waals surface area contributed by atoms with Crippen molar-refractivity contribution < 1.29 is 5.11 Å². The first-order chi connectivity index (χ1) is 6.84. The Balaban J connectivity index is 1.92. The minimum absolute atomic E-state index is 0.352. The van der Waals surface area contributed by atoms with E-state index < -0.39 is 0 Å². The molecule has 1 heterocycles. The molecule has 0 bridgehead atoms. The van der Waals surface area contributed by atoms with Crippen LogP contribution in [0.1, 0.15) is 24.8 Å². The second-order valence-corrected chi connectivity index (χ2v) is 4.02. The SMILES string of the molecule is Oc1ccc(C[C@@H]2CCCCN2)cc1. The van der Waals surface area contributed by atoms with Crippen LogP contribution in [0.4, 0.5) is 0 Å². The van der Waals surface area contributed by atoms with Crippen LogP contribution < -0.4 is 5.32 Å². The van der Waals surface area contributed by atoms with Crippen LogP contribution in [0.2, 0.25) is 0 Å². The smallest absolute Gasteiger partial charge is 0.115 e. The molecule has 0 spiro atoms. The Bertz CT molecular complexity index is 275. The third-order valence-corrected chi connectivity index (χ3v) is 2.83. The molecule has 0 aliphatic carbocycles. The second-order valence-electron chi connectivity index (χ2n) is 4.02. The quantitative estimate of drug-likeness (QED) is 0.750. The summed E-state index contributed by atoms with van der Waals surface area (Å²) in [5.41, 5.74) is 1.31. The van der Waals surface area contributed by atoms with Crippen LogP contribution in [0.15, 0.2) is 24.3 Å². The number of aromatic hydroxyl groups is 1. The fourth-order valence-electron chi connectivity index (χ4n) is 2.01. The monoisotopic (exact) mass is 191 g/mol. The van der Waals surface area contributed by atoms with Crippen molar-refractivity contribution in [1.29, 1.82) is 0 Å². The number of benzene rings is 1. The second kappa shape index (κ2) is 4.47. The maximum absolute atomic E-state index is 9.15. The maximum atomic E-state index is 9.15. The first-order valence-corrected chi connectivity index (χ1v) is 5.36. The minimum atomic E-state index is 0.352. The predicted molar refractivity (Wildman–Crippen MR) is 57.5 cm³/mol. The molecule has 76 valence electrons. The van der Waals surface area contributed by atoms with Crippen LogP contribution in [0.3, 0.4) is 0 Å². The Hall–Kier alpha value is -1.02. The van der Waals surface area contributed by atoms with Gasteiger partial charge in [-0.05, 0) is 43.5 Å². The van der Waals surface area contributed by atoms with E-state index in [-0.39, 0.29) is 0 Å². The molecule has 2 nitrogen and oxygen atoms in total. The summed E-state index contributed by atoms with van der Waals surface area (Å²) in [6.07, 6.45) is 5.02. The molecule has 1 atom stereocenters. The highest BCUT2D eigenvalue weighted by Gasteiger charge is 2.12. The van der Waals surface area contributed by atoms with E-state index in [2.05, 4.69) is 5.32 Å². The fraction of sp³-hybridized carbons (Fsp3) is 0.500. The third-order valence-electron chi connectivity index (χ3n) is 2.83. The lowest BCUT2D eigenvalue weighted by Crippen LogP contribution is -2.35. The lowest BCUT2D eigenvalue weighted by Gasteiger charge is -2.23. The largest absolute Gasteiger partial charge is 0.508 e. The van der Waals surface area contributed by atoms with Crippen LogP contribution in [-0.2, 0) is 6.42 Å². The molecular weight excluding hydrogens is 174 g/mol. The van der Waals surface area contributed by atoms with Gasteiger partial charge in [0.15, 0.2) is 0 Å². The number of rotatable bonds is 2. The molecule has 2 rings (SSSR count). The van der Waals surface area contributed by atoms with Crippen molar-refractivity contribution in [1.82, 2.24) is 5.32 Å². The molecule has 1 aliphatic heterocycles. The third kappa shape index (κ3) is 2.48. The summed E-state index contributed by atoms with van der Waals surface area (Å²) in [5.74, 6) is 0.352. The molecule has 0 saturated carbocycles. The molecule has 14 heavy (non-hydrogen) atoms. The first-order valence-electron chi connectivity index (χ1n) is 5.36. The van der Waals surface area contributed by atoms with Gasteiger partial charge in [-0.25, -0.2) is 0 Å². The number of phenolic OH excluding ortho intramolecular Hbond substituents is 1. The van der Waals surface area contributed by atoms with Crippen molar-refractivity contribution in [2.75, 3.05) is 6.54 Å². The van der Waals surface area contributed by atoms with Gasteiger partial charge in [-0.15, -0.1) is 0 Å². The van der Waals surface area contributed by atoms with Crippen molar-refractivity contribution in [3.8, 4) is 5.75 Å². The Kier molecular flexibility index (Phi) is 3.04. The topological polar surface area (TPSA) is 32.3 Å². The molecule has 0 radical (unpaired) electrons. The number of piperidine rings is 1. The van der Waals surface area contributed by atoms with Gasteiger partial charge in [0.2, 0.25) is 0 Å². The summed E-state index contributed by atoms with van der Waals surface area (Å²) in [4.78, 5) is 0. The summed E-state index contributed by atoms with van der Waals surface area (Å²) in [7, 11) is 0. The van der Waals surface area contributed by atoms with E-state index in [9.17, 15) is 0 Å². The zero-order chi connectivity index (χ0) is 9.80. The fourth-order valence-corrected chi connectivity index (χ4v) is 2.01. The average Bonchev–Trinajstić information content (AvgIpc) is 2.23. The van der Waals surface area contributed by atoms with Crippen LogP contribution in [0, 0.1) is 0 Å². The predicted octanol–water partition coefficient (Wildman–Crippen LogP) is 2.08. The van der Waals surface area contributed by atoms with Gasteiger partial charge in [0, 0.05) is 6.04 Å². The lowest BCUT2D eigenvalue weighted by molar-refractivity contribution is 0.399. The molecule has 1 aromatic carbocycles. The van der Waals surface area contributed by atoms with Crippen LogP contribution in [-0.4, -0.2) is 17.7 Å². The number of hydrogen-bond donors (Lipinski definition) is 2. The van der Waals surface area contributed by atoms with Crippen LogP contribution in [0.5, 0.6) is 5.75 Å². The summed E-state index contributed by atoms with van der Waals surface area (Å²) in [6, 6.07) is 8.17. The van der Waals surface area contributed by atoms with E-state index in [4.69, 9.17) is 5.11 Å². The molecule has 1 saturated heterocycles. The number of phenols is 1. The highest BCUT2D eigenvalue weighted by Crippen LogP contribution is 2.15. The molecule has 1 fully saturated rings. The summed E-state index contributed by atoms with van der Waals surface area (Å²) in [6.45, 7) is 1.16. The number of hydrogen-bond acceptors (Lipinski definition) is 2. The maximum Gasteiger partial charge on any atom is 0.115 e. The van der Waals surface area contributed by atoms with Crippen molar-refractivity contribution >= 4 is 0 Å². The summed E-state index contributed by atoms with van der Waals surface area (Å²) < 4.78 is 0. The van der Waals surface area contributed by atoms with E-state index in [0.29, 0.717) is 11.8 Å². The molecule has 0 amide bonds. The van der Waals surface area contributed by atoms with Gasteiger partial charge in [-0.2, -0.15) is 0 Å². The van der Waals surface area contributed by atoms with E-state index in [0.717, 1.165) is 13.0 Å². The van der Waals surface area contributed by atoms with Crippen molar-refractivity contribution in [2.24, 2.45) is 0 Å². The van der Waals surface area contributed by atoms with E-state index in [1.54, 1.807) is 12.1 Å². The van der Waals surface area contributed by atoms with Crippen molar-refractivity contribution in [3.63, 3.8) is 0 Å². The van der Waals surface area contributed by atoms with E-state index >= 15 is 0 Å². The Morgan fingerprint density at radius 1 is 1.21 bits per heavy atom. The minimum Gasteiger partial charge on any atom is -0.508 e. The Morgan fingerprint density at radius 3 is 2.64 bits per heavy atom. The van der Waals surface area contributed by atoms with Crippen LogP contribution >= 0.6 is 0 Å². The molecule has 1 aliphatic rings. The van der Waals surface area contributed by atoms with Gasteiger partial charge in [0.05, 0.1) is 0 Å². The average molecular weight is 191 g/mol. The van der Waals surface area contributed by atoms with E-state index in [1.165, 1.54) is 24.8 Å². The highest BCUT2D eigenvalue weighted by molar-refractivity contribution is 5.26. The van der Waals surface area contributed by atoms with Gasteiger partial charge in [0.25, 0.3) is 0 Å². The van der Waals surface area contributed by atoms with Gasteiger partial charge >= 0.3 is 0 Å². The molecule has 0 aromatic heterocycles. The van der Waals surface area contributed by atoms with Gasteiger partial charge in [-0.1, -0.05) is 18.6 Å². The molecule has 2 heteroatoms. The van der Waals surface area contributed by atoms with Crippen molar-refractivity contribution in [3.05, 3.63) is 29.8 Å². The molecule has 1 aromatic rings. The normalized spacial score (nSPS) is 22.1. The summed E-state index contributed by atoms with van der Waals surface area (Å²) in [5, 5.41) is 12.7. The molecule has 0 unspecified atom stereocenters. The van der Waals surface area contributed by atoms with Gasteiger partial charge in [-0.3, -0.25) is 0 Å². The van der Waals surface area contributed by atoms with Gasteiger partial charge < -0.3 is 10.4 Å². The first kappa shape index (κ1) is 9.53. The molecule has 2 N–H and O–H groups in total. The molecular formula is C12H17NO. The van der Waals surface area contributed by atoms with E-state index in [1.807, 2.05) is 12.1 Å². The Morgan fingerprint density at radius 2 is 2.00 bits per heavy atom. The number of nitrogens with one attached hydrogen (secondary N) is 1. The zero-order valence-corrected chi connectivity index (χ0v) is 8.37.